The largest absolute Gasteiger partial charge is 0.493 e. The second-order valence-electron chi connectivity index (χ2n) is 5.36. The Bertz CT molecular complexity index is 899. The molecule has 0 spiro atoms. The van der Waals surface area contributed by atoms with Gasteiger partial charge in [0.15, 0.2) is 16.7 Å². The van der Waals surface area contributed by atoms with Crippen molar-refractivity contribution in [3.05, 3.63) is 24.8 Å². The summed E-state index contributed by atoms with van der Waals surface area (Å²) in [5.74, 6) is 3.17. The summed E-state index contributed by atoms with van der Waals surface area (Å²) in [5.41, 5.74) is 0.666. The number of aryl methyl sites for hydroxylation is 1. The van der Waals surface area contributed by atoms with Crippen molar-refractivity contribution < 1.29 is 14.2 Å². The number of fused-ring (bicyclic) bond motifs is 1. The Morgan fingerprint density at radius 3 is 2.54 bits per heavy atom. The summed E-state index contributed by atoms with van der Waals surface area (Å²) >= 11 is 1.68. The molecule has 2 heterocycles. The first kappa shape index (κ1) is 18.1. The molecule has 8 nitrogen and oxygen atoms in total. The number of anilines is 1. The van der Waals surface area contributed by atoms with Crippen LogP contribution in [-0.2, 0) is 7.05 Å². The van der Waals surface area contributed by atoms with Crippen LogP contribution < -0.4 is 19.5 Å². The number of imidazole rings is 1. The molecule has 0 saturated heterocycles. The van der Waals surface area contributed by atoms with Gasteiger partial charge in [-0.2, -0.15) is 0 Å². The Hall–Kier alpha value is -2.68. The number of hydrogen-bond donors (Lipinski definition) is 1. The molecule has 0 radical (unpaired) electrons. The molecule has 0 aliphatic rings. The van der Waals surface area contributed by atoms with Crippen LogP contribution in [0.3, 0.4) is 0 Å². The SMILES string of the molecule is COc1cc2c(NCCSc3nccn3C)ncnc2c(OC)c1OC. The number of hydrogen-bond acceptors (Lipinski definition) is 8. The number of nitrogens with one attached hydrogen (secondary N) is 1. The van der Waals surface area contributed by atoms with Crippen LogP contribution in [0.5, 0.6) is 17.2 Å². The molecule has 9 heteroatoms. The van der Waals surface area contributed by atoms with E-state index < -0.39 is 0 Å². The first-order chi connectivity index (χ1) is 12.7. The summed E-state index contributed by atoms with van der Waals surface area (Å²) in [6, 6.07) is 1.85. The third kappa shape index (κ3) is 3.48. The van der Waals surface area contributed by atoms with Crippen molar-refractivity contribution in [2.75, 3.05) is 38.9 Å². The minimum atomic E-state index is 0.512. The van der Waals surface area contributed by atoms with Crippen molar-refractivity contribution >= 4 is 28.5 Å². The smallest absolute Gasteiger partial charge is 0.205 e. The lowest BCUT2D eigenvalue weighted by Crippen LogP contribution is -2.08. The zero-order chi connectivity index (χ0) is 18.5. The molecule has 0 atom stereocenters. The number of benzene rings is 1. The zero-order valence-electron chi connectivity index (χ0n) is 15.1. The van der Waals surface area contributed by atoms with E-state index in [1.165, 1.54) is 6.33 Å². The van der Waals surface area contributed by atoms with E-state index in [2.05, 4.69) is 20.3 Å². The number of methoxy groups -OCH3 is 3. The maximum Gasteiger partial charge on any atom is 0.205 e. The predicted octanol–water partition coefficient (Wildman–Crippen LogP) is 2.59. The molecule has 0 bridgehead atoms. The van der Waals surface area contributed by atoms with Crippen molar-refractivity contribution in [1.82, 2.24) is 19.5 Å². The van der Waals surface area contributed by atoms with Gasteiger partial charge in [-0.1, -0.05) is 11.8 Å². The molecule has 2 aromatic heterocycles. The topological polar surface area (TPSA) is 83.3 Å². The normalized spacial score (nSPS) is 10.8. The van der Waals surface area contributed by atoms with Crippen LogP contribution in [0.1, 0.15) is 0 Å². The highest BCUT2D eigenvalue weighted by atomic mass is 32.2. The average molecular weight is 375 g/mol. The number of ether oxygens (including phenoxy) is 3. The van der Waals surface area contributed by atoms with E-state index in [0.717, 1.165) is 28.7 Å². The molecule has 138 valence electrons. The summed E-state index contributed by atoms with van der Waals surface area (Å²) in [6.45, 7) is 0.723. The van der Waals surface area contributed by atoms with Gasteiger partial charge in [0.05, 0.1) is 26.7 Å². The summed E-state index contributed by atoms with van der Waals surface area (Å²) in [4.78, 5) is 13.0. The molecule has 26 heavy (non-hydrogen) atoms. The van der Waals surface area contributed by atoms with Gasteiger partial charge in [0.1, 0.15) is 17.7 Å². The Labute approximate surface area is 155 Å². The van der Waals surface area contributed by atoms with Crippen LogP contribution in [0.15, 0.2) is 29.9 Å². The fourth-order valence-corrected chi connectivity index (χ4v) is 3.39. The number of nitrogens with zero attached hydrogens (tertiary/aromatic N) is 4. The molecule has 0 fully saturated rings. The van der Waals surface area contributed by atoms with E-state index in [1.54, 1.807) is 39.3 Å². The Morgan fingerprint density at radius 2 is 1.88 bits per heavy atom. The minimum absolute atomic E-state index is 0.512. The van der Waals surface area contributed by atoms with Gasteiger partial charge in [0.25, 0.3) is 0 Å². The molecule has 0 aliphatic heterocycles. The van der Waals surface area contributed by atoms with E-state index in [-0.39, 0.29) is 0 Å². The van der Waals surface area contributed by atoms with Crippen LogP contribution in [0.2, 0.25) is 0 Å². The standard InChI is InChI=1S/C17H21N5O3S/c1-22-7-5-19-17(22)26-8-6-18-16-11-9-12(23-2)14(24-3)15(25-4)13(11)20-10-21-16/h5,7,9-10H,6,8H2,1-4H3,(H,18,20,21). The molecular weight excluding hydrogens is 354 g/mol. The maximum atomic E-state index is 5.50. The lowest BCUT2D eigenvalue weighted by Gasteiger charge is -2.15. The van der Waals surface area contributed by atoms with Crippen molar-refractivity contribution in [3.63, 3.8) is 0 Å². The van der Waals surface area contributed by atoms with Crippen molar-refractivity contribution in [2.24, 2.45) is 7.05 Å². The number of rotatable bonds is 8. The van der Waals surface area contributed by atoms with E-state index in [4.69, 9.17) is 14.2 Å². The van der Waals surface area contributed by atoms with Gasteiger partial charge >= 0.3 is 0 Å². The summed E-state index contributed by atoms with van der Waals surface area (Å²) in [7, 11) is 6.72. The fraction of sp³-hybridized carbons (Fsp3) is 0.353. The van der Waals surface area contributed by atoms with E-state index in [0.29, 0.717) is 22.8 Å². The first-order valence-electron chi connectivity index (χ1n) is 7.97. The summed E-state index contributed by atoms with van der Waals surface area (Å²) in [5, 5.41) is 5.14. The summed E-state index contributed by atoms with van der Waals surface area (Å²) in [6.07, 6.45) is 5.23. The second-order valence-corrected chi connectivity index (χ2v) is 6.42. The zero-order valence-corrected chi connectivity index (χ0v) is 16.0. The molecule has 1 aromatic carbocycles. The van der Waals surface area contributed by atoms with Gasteiger partial charge in [-0.25, -0.2) is 15.0 Å². The quantitative estimate of drug-likeness (QED) is 0.475. The van der Waals surface area contributed by atoms with Crippen molar-refractivity contribution in [3.8, 4) is 17.2 Å². The first-order valence-corrected chi connectivity index (χ1v) is 8.95. The van der Waals surface area contributed by atoms with Gasteiger partial charge in [-0.15, -0.1) is 0 Å². The van der Waals surface area contributed by atoms with Crippen LogP contribution in [0, 0.1) is 0 Å². The van der Waals surface area contributed by atoms with E-state index >= 15 is 0 Å². The van der Waals surface area contributed by atoms with E-state index in [1.807, 2.05) is 23.9 Å². The Balaban J connectivity index is 1.83. The predicted molar refractivity (Wildman–Crippen MR) is 102 cm³/mol. The van der Waals surface area contributed by atoms with Gasteiger partial charge in [-0.3, -0.25) is 0 Å². The molecule has 0 unspecified atom stereocenters. The molecular formula is C17H21N5O3S. The van der Waals surface area contributed by atoms with Gasteiger partial charge in [-0.05, 0) is 6.07 Å². The lowest BCUT2D eigenvalue weighted by molar-refractivity contribution is 0.327. The molecule has 1 N–H and O–H groups in total. The molecule has 0 aliphatic carbocycles. The molecule has 3 rings (SSSR count). The highest BCUT2D eigenvalue weighted by Gasteiger charge is 2.19. The highest BCUT2D eigenvalue weighted by molar-refractivity contribution is 7.99. The van der Waals surface area contributed by atoms with Crippen LogP contribution in [-0.4, -0.2) is 53.1 Å². The van der Waals surface area contributed by atoms with Crippen LogP contribution in [0.25, 0.3) is 10.9 Å². The van der Waals surface area contributed by atoms with Crippen molar-refractivity contribution in [1.29, 1.82) is 0 Å². The average Bonchev–Trinajstić information content (AvgIpc) is 3.08. The Kier molecular flexibility index (Phi) is 5.67. The fourth-order valence-electron chi connectivity index (χ4n) is 2.61. The second kappa shape index (κ2) is 8.13. The third-order valence-electron chi connectivity index (χ3n) is 3.84. The van der Waals surface area contributed by atoms with Gasteiger partial charge < -0.3 is 24.1 Å². The third-order valence-corrected chi connectivity index (χ3v) is 4.90. The minimum Gasteiger partial charge on any atom is -0.493 e. The maximum absolute atomic E-state index is 5.50. The molecule has 0 saturated carbocycles. The van der Waals surface area contributed by atoms with Crippen molar-refractivity contribution in [2.45, 2.75) is 5.16 Å². The summed E-state index contributed by atoms with van der Waals surface area (Å²) < 4.78 is 18.3. The van der Waals surface area contributed by atoms with Gasteiger partial charge in [0, 0.05) is 31.7 Å². The highest BCUT2D eigenvalue weighted by Crippen LogP contribution is 2.43. The molecule has 0 amide bonds. The lowest BCUT2D eigenvalue weighted by atomic mass is 10.2. The van der Waals surface area contributed by atoms with Crippen LogP contribution in [0.4, 0.5) is 5.82 Å². The number of aromatic nitrogens is 4. The number of thioether (sulfide) groups is 1. The van der Waals surface area contributed by atoms with Gasteiger partial charge in [0.2, 0.25) is 5.75 Å². The van der Waals surface area contributed by atoms with E-state index in [9.17, 15) is 0 Å². The monoisotopic (exact) mass is 375 g/mol. The molecule has 3 aromatic rings. The Morgan fingerprint density at radius 1 is 1.08 bits per heavy atom. The van der Waals surface area contributed by atoms with Crippen LogP contribution >= 0.6 is 11.8 Å².